The summed E-state index contributed by atoms with van der Waals surface area (Å²) in [4.78, 5) is 0. The van der Waals surface area contributed by atoms with Crippen molar-refractivity contribution in [3.8, 4) is 6.07 Å². The summed E-state index contributed by atoms with van der Waals surface area (Å²) in [5.41, 5.74) is 1.36. The Morgan fingerprint density at radius 2 is 1.93 bits per heavy atom. The van der Waals surface area contributed by atoms with E-state index in [0.29, 0.717) is 5.92 Å². The summed E-state index contributed by atoms with van der Waals surface area (Å²) in [7, 11) is 0. The van der Waals surface area contributed by atoms with E-state index in [4.69, 9.17) is 5.26 Å². The Balaban J connectivity index is 2.32. The first-order valence-electron chi connectivity index (χ1n) is 5.42. The normalized spacial score (nSPS) is 14.2. The molecule has 0 aliphatic heterocycles. The molecule has 0 spiro atoms. The third-order valence-electron chi connectivity index (χ3n) is 2.59. The molecule has 2 heteroatoms. The fourth-order valence-electron chi connectivity index (χ4n) is 1.51. The maximum Gasteiger partial charge on any atom is 0.0924 e. The van der Waals surface area contributed by atoms with Gasteiger partial charge in [-0.05, 0) is 31.4 Å². The minimum atomic E-state index is -0.0482. The number of rotatable bonds is 5. The van der Waals surface area contributed by atoms with Gasteiger partial charge in [0.1, 0.15) is 0 Å². The monoisotopic (exact) mass is 202 g/mol. The van der Waals surface area contributed by atoms with Gasteiger partial charge in [0.05, 0.1) is 12.1 Å². The zero-order valence-electron chi connectivity index (χ0n) is 9.40. The molecule has 0 aromatic heterocycles. The Hall–Kier alpha value is -1.33. The van der Waals surface area contributed by atoms with Gasteiger partial charge in [-0.1, -0.05) is 37.3 Å². The molecule has 0 saturated carbocycles. The Kier molecular flexibility index (Phi) is 4.86. The molecule has 1 aromatic carbocycles. The van der Waals surface area contributed by atoms with Crippen molar-refractivity contribution in [2.75, 3.05) is 6.54 Å². The van der Waals surface area contributed by atoms with Crippen LogP contribution in [0.25, 0.3) is 0 Å². The minimum absolute atomic E-state index is 0.0482. The molecule has 0 amide bonds. The van der Waals surface area contributed by atoms with Crippen LogP contribution in [0.1, 0.15) is 31.7 Å². The van der Waals surface area contributed by atoms with Crippen LogP contribution >= 0.6 is 0 Å². The van der Waals surface area contributed by atoms with Crippen molar-refractivity contribution >= 4 is 0 Å². The lowest BCUT2D eigenvalue weighted by molar-refractivity contribution is 0.571. The molecule has 0 bridgehead atoms. The number of hydrogen-bond donors (Lipinski definition) is 1. The lowest BCUT2D eigenvalue weighted by Crippen LogP contribution is -2.26. The largest absolute Gasteiger partial charge is 0.302 e. The number of nitrogens with zero attached hydrogens (tertiary/aromatic N) is 1. The van der Waals surface area contributed by atoms with Gasteiger partial charge in [0.25, 0.3) is 0 Å². The van der Waals surface area contributed by atoms with Crippen LogP contribution in [0.5, 0.6) is 0 Å². The van der Waals surface area contributed by atoms with Gasteiger partial charge in [-0.15, -0.1) is 0 Å². The lowest BCUT2D eigenvalue weighted by Gasteiger charge is -2.12. The summed E-state index contributed by atoms with van der Waals surface area (Å²) in [6.45, 7) is 4.99. The van der Waals surface area contributed by atoms with E-state index in [1.54, 1.807) is 0 Å². The van der Waals surface area contributed by atoms with E-state index in [-0.39, 0.29) is 6.04 Å². The Bertz CT molecular complexity index is 313. The summed E-state index contributed by atoms with van der Waals surface area (Å²) in [6.07, 6.45) is 1.07. The van der Waals surface area contributed by atoms with Gasteiger partial charge in [-0.2, -0.15) is 5.26 Å². The predicted octanol–water partition coefficient (Wildman–Crippen LogP) is 2.68. The molecule has 1 aromatic rings. The highest BCUT2D eigenvalue weighted by atomic mass is 14.9. The molecule has 80 valence electrons. The predicted molar refractivity (Wildman–Crippen MR) is 62.6 cm³/mol. The van der Waals surface area contributed by atoms with Crippen molar-refractivity contribution in [1.29, 1.82) is 5.26 Å². The van der Waals surface area contributed by atoms with Crippen molar-refractivity contribution in [3.05, 3.63) is 35.9 Å². The fraction of sp³-hybridized carbons (Fsp3) is 0.462. The van der Waals surface area contributed by atoms with Gasteiger partial charge in [-0.25, -0.2) is 0 Å². The molecule has 0 aliphatic rings. The highest BCUT2D eigenvalue weighted by molar-refractivity contribution is 5.18. The Morgan fingerprint density at radius 1 is 1.27 bits per heavy atom. The van der Waals surface area contributed by atoms with Crippen LogP contribution in [0, 0.1) is 11.3 Å². The van der Waals surface area contributed by atoms with Crippen molar-refractivity contribution in [2.24, 2.45) is 0 Å². The fourth-order valence-corrected chi connectivity index (χ4v) is 1.51. The third-order valence-corrected chi connectivity index (χ3v) is 2.59. The molecule has 15 heavy (non-hydrogen) atoms. The maximum absolute atomic E-state index is 8.60. The van der Waals surface area contributed by atoms with E-state index in [1.807, 2.05) is 13.0 Å². The van der Waals surface area contributed by atoms with Crippen LogP contribution < -0.4 is 5.32 Å². The molecular formula is C13H18N2. The first-order chi connectivity index (χ1) is 7.24. The Labute approximate surface area is 91.9 Å². The van der Waals surface area contributed by atoms with E-state index in [9.17, 15) is 0 Å². The molecule has 1 N–H and O–H groups in total. The van der Waals surface area contributed by atoms with E-state index >= 15 is 0 Å². The molecule has 0 radical (unpaired) electrons. The lowest BCUT2D eigenvalue weighted by atomic mass is 9.98. The minimum Gasteiger partial charge on any atom is -0.302 e. The van der Waals surface area contributed by atoms with Gasteiger partial charge in [-0.3, -0.25) is 0 Å². The van der Waals surface area contributed by atoms with Crippen molar-refractivity contribution in [2.45, 2.75) is 32.2 Å². The molecule has 0 fully saturated rings. The van der Waals surface area contributed by atoms with E-state index in [2.05, 4.69) is 42.6 Å². The second-order valence-corrected chi connectivity index (χ2v) is 3.91. The molecule has 2 unspecified atom stereocenters. The highest BCUT2D eigenvalue weighted by Crippen LogP contribution is 2.17. The summed E-state index contributed by atoms with van der Waals surface area (Å²) in [6, 6.07) is 12.6. The van der Waals surface area contributed by atoms with Crippen molar-refractivity contribution in [3.63, 3.8) is 0 Å². The number of benzene rings is 1. The highest BCUT2D eigenvalue weighted by Gasteiger charge is 2.05. The Morgan fingerprint density at radius 3 is 2.53 bits per heavy atom. The first kappa shape index (κ1) is 11.7. The SMILES string of the molecule is CC(C#N)NCCC(C)c1ccccc1. The van der Waals surface area contributed by atoms with Crippen LogP contribution in [-0.2, 0) is 0 Å². The number of nitriles is 1. The van der Waals surface area contributed by atoms with Crippen molar-refractivity contribution < 1.29 is 0 Å². The molecule has 0 saturated heterocycles. The summed E-state index contributed by atoms with van der Waals surface area (Å²) in [5.74, 6) is 0.546. The molecule has 2 atom stereocenters. The topological polar surface area (TPSA) is 35.8 Å². The van der Waals surface area contributed by atoms with Crippen LogP contribution in [0.15, 0.2) is 30.3 Å². The maximum atomic E-state index is 8.60. The molecule has 1 rings (SSSR count). The molecule has 0 aliphatic carbocycles. The van der Waals surface area contributed by atoms with Gasteiger partial charge in [0, 0.05) is 0 Å². The van der Waals surface area contributed by atoms with Crippen LogP contribution in [0.3, 0.4) is 0 Å². The smallest absolute Gasteiger partial charge is 0.0924 e. The van der Waals surface area contributed by atoms with E-state index in [1.165, 1.54) is 5.56 Å². The number of hydrogen-bond acceptors (Lipinski definition) is 2. The zero-order valence-corrected chi connectivity index (χ0v) is 9.40. The second-order valence-electron chi connectivity index (χ2n) is 3.91. The van der Waals surface area contributed by atoms with Gasteiger partial charge < -0.3 is 5.32 Å². The average Bonchev–Trinajstić information content (AvgIpc) is 2.29. The summed E-state index contributed by atoms with van der Waals surface area (Å²) in [5, 5.41) is 11.8. The van der Waals surface area contributed by atoms with Crippen LogP contribution in [0.2, 0.25) is 0 Å². The van der Waals surface area contributed by atoms with Gasteiger partial charge in [0.2, 0.25) is 0 Å². The molecule has 0 heterocycles. The first-order valence-corrected chi connectivity index (χ1v) is 5.42. The zero-order chi connectivity index (χ0) is 11.1. The molecular weight excluding hydrogens is 184 g/mol. The van der Waals surface area contributed by atoms with Crippen LogP contribution in [-0.4, -0.2) is 12.6 Å². The second kappa shape index (κ2) is 6.21. The summed E-state index contributed by atoms with van der Waals surface area (Å²) < 4.78 is 0. The van der Waals surface area contributed by atoms with Gasteiger partial charge in [0.15, 0.2) is 0 Å². The van der Waals surface area contributed by atoms with Crippen molar-refractivity contribution in [1.82, 2.24) is 5.32 Å². The third kappa shape index (κ3) is 4.14. The van der Waals surface area contributed by atoms with Gasteiger partial charge >= 0.3 is 0 Å². The summed E-state index contributed by atoms with van der Waals surface area (Å²) >= 11 is 0. The molecule has 2 nitrogen and oxygen atoms in total. The van der Waals surface area contributed by atoms with E-state index < -0.39 is 0 Å². The average molecular weight is 202 g/mol. The number of nitrogens with one attached hydrogen (secondary N) is 1. The quantitative estimate of drug-likeness (QED) is 0.796. The standard InChI is InChI=1S/C13H18N2/c1-11(8-9-15-12(2)10-14)13-6-4-3-5-7-13/h3-7,11-12,15H,8-9H2,1-2H3. The van der Waals surface area contributed by atoms with Crippen LogP contribution in [0.4, 0.5) is 0 Å². The van der Waals surface area contributed by atoms with E-state index in [0.717, 1.165) is 13.0 Å².